The third-order valence-corrected chi connectivity index (χ3v) is 24.4. The van der Waals surface area contributed by atoms with Crippen LogP contribution in [0, 0.1) is 0 Å². The van der Waals surface area contributed by atoms with Gasteiger partial charge in [-0.3, -0.25) is 8.61 Å². The third kappa shape index (κ3) is 8.73. The minimum atomic E-state index is -0.271. The molecule has 9 nitrogen and oxygen atoms in total. The van der Waals surface area contributed by atoms with Crippen LogP contribution in [-0.4, -0.2) is 32.6 Å². The summed E-state index contributed by atoms with van der Waals surface area (Å²) in [6.07, 6.45) is 4.40. The standard InChI is InChI=1S/C84H55B3N6O3S4/c1-97-92-68-49-66-62(86-78-67(88-66)41-57(89(51-25-9-3-10-26-51)52-27-11-4-12-28-52)44-73(78)95-81-60-37-21-23-39-76(60)99-83(81)86)47-63(68)85-65-48-64-69(50-72(65)94-74-45-58(42-70(92)79(74)85)90(53-29-13-5-14-30-53)54-31-15-6-16-32-54)93(98-2)71-43-59(91(55-33-17-7-18-34-55)56-35-19-8-20-36-56)46-75-80(71)87(64)84-82(96-75)61-38-22-24-40-77(61)100-84/h3-50,88H,1-2H3. The number of ether oxygens (including phenoxy) is 3. The molecule has 472 valence electrons. The van der Waals surface area contributed by atoms with Crippen molar-refractivity contribution in [2.24, 2.45) is 0 Å². The highest BCUT2D eigenvalue weighted by molar-refractivity contribution is 8.00. The zero-order chi connectivity index (χ0) is 65.8. The van der Waals surface area contributed by atoms with E-state index >= 15 is 0 Å². The van der Waals surface area contributed by atoms with E-state index in [0.29, 0.717) is 0 Å². The number of benzene rings is 13. The van der Waals surface area contributed by atoms with Gasteiger partial charge in [-0.15, -0.1) is 22.7 Å². The molecule has 1 N–H and O–H groups in total. The Kier molecular flexibility index (Phi) is 13.2. The fourth-order valence-electron chi connectivity index (χ4n) is 16.4. The predicted octanol–water partition coefficient (Wildman–Crippen LogP) is 17.9. The highest BCUT2D eigenvalue weighted by Gasteiger charge is 2.50. The maximum atomic E-state index is 7.78. The largest absolute Gasteiger partial charge is 0.458 e. The minimum Gasteiger partial charge on any atom is -0.458 e. The molecule has 0 atom stereocenters. The molecule has 0 bridgehead atoms. The van der Waals surface area contributed by atoms with Crippen LogP contribution in [0.15, 0.2) is 291 Å². The molecule has 0 saturated heterocycles. The number of nitrogens with one attached hydrogen (secondary N) is 1. The number of nitrogens with zero attached hydrogens (tertiary/aromatic N) is 5. The van der Waals surface area contributed by atoms with Crippen molar-refractivity contribution in [1.82, 2.24) is 0 Å². The fourth-order valence-corrected chi connectivity index (χ4v) is 20.3. The van der Waals surface area contributed by atoms with Crippen LogP contribution in [0.3, 0.4) is 0 Å². The number of para-hydroxylation sites is 6. The molecule has 21 rings (SSSR count). The Labute approximate surface area is 596 Å². The summed E-state index contributed by atoms with van der Waals surface area (Å²) in [7, 11) is 0. The van der Waals surface area contributed by atoms with Crippen LogP contribution in [0.25, 0.3) is 20.2 Å². The van der Waals surface area contributed by atoms with Crippen LogP contribution in [0.2, 0.25) is 0 Å². The van der Waals surface area contributed by atoms with E-state index in [2.05, 4.69) is 332 Å². The zero-order valence-corrected chi connectivity index (χ0v) is 57.3. The lowest BCUT2D eigenvalue weighted by Gasteiger charge is -2.43. The van der Waals surface area contributed by atoms with Gasteiger partial charge in [-0.05, 0) is 183 Å². The van der Waals surface area contributed by atoms with Crippen molar-refractivity contribution in [3.05, 3.63) is 291 Å². The van der Waals surface area contributed by atoms with Crippen molar-refractivity contribution in [3.63, 3.8) is 0 Å². The van der Waals surface area contributed by atoms with Gasteiger partial charge in [-0.25, -0.2) is 0 Å². The Hall–Kier alpha value is -11.1. The highest BCUT2D eigenvalue weighted by Crippen LogP contribution is 2.52. The molecule has 0 unspecified atom stereocenters. The molecule has 6 aliphatic rings. The fraction of sp³-hybridized carbons (Fsp3) is 0.0238. The SMILES string of the molecule is CSN1c2cc3c(cc2B2c4cc5c(cc4Oc4cc(N(c6ccccc6)c6ccccc6)cc1c42)N(SC)c1cc(N(c2ccccc2)c2ccccc2)cc2c1B5c1sc4ccccc4c1O2)B1c2sc4ccccc4c2Oc2cc(N(c4ccccc4)c4ccccc4)cc(c21)N3. The van der Waals surface area contributed by atoms with E-state index in [4.69, 9.17) is 14.2 Å². The number of hydrogen-bond acceptors (Lipinski definition) is 13. The molecule has 0 amide bonds. The Bertz CT molecular complexity index is 5740. The number of fused-ring (bicyclic) bond motifs is 16. The molecule has 0 saturated carbocycles. The quantitative estimate of drug-likeness (QED) is 0.0995. The molecule has 2 aromatic heterocycles. The molecule has 15 aromatic rings. The molecule has 6 aliphatic heterocycles. The van der Waals surface area contributed by atoms with Crippen LogP contribution >= 0.6 is 46.6 Å². The Morgan fingerprint density at radius 2 is 0.680 bits per heavy atom. The first-order valence-corrected chi connectivity index (χ1v) is 37.6. The van der Waals surface area contributed by atoms with E-state index in [1.807, 2.05) is 22.7 Å². The van der Waals surface area contributed by atoms with Crippen molar-refractivity contribution >= 4 is 220 Å². The normalized spacial score (nSPS) is 13.4. The van der Waals surface area contributed by atoms with Crippen LogP contribution in [0.1, 0.15) is 0 Å². The van der Waals surface area contributed by atoms with E-state index < -0.39 is 0 Å². The van der Waals surface area contributed by atoms with E-state index in [-0.39, 0.29) is 20.1 Å². The lowest BCUT2D eigenvalue weighted by Crippen LogP contribution is -2.64. The third-order valence-electron chi connectivity index (χ3n) is 20.5. The maximum absolute atomic E-state index is 7.78. The molecule has 0 fully saturated rings. The number of thiophene rings is 2. The van der Waals surface area contributed by atoms with Crippen molar-refractivity contribution in [1.29, 1.82) is 0 Å². The van der Waals surface area contributed by atoms with Gasteiger partial charge in [0.15, 0.2) is 0 Å². The van der Waals surface area contributed by atoms with Gasteiger partial charge in [-0.1, -0.05) is 146 Å². The van der Waals surface area contributed by atoms with Crippen LogP contribution in [0.5, 0.6) is 34.5 Å². The summed E-state index contributed by atoms with van der Waals surface area (Å²) in [6, 6.07) is 105. The van der Waals surface area contributed by atoms with Crippen LogP contribution < -0.4 is 90.6 Å². The van der Waals surface area contributed by atoms with Gasteiger partial charge in [0, 0.05) is 118 Å². The Morgan fingerprint density at radius 3 is 1.14 bits per heavy atom. The Balaban J connectivity index is 0.810. The van der Waals surface area contributed by atoms with E-state index in [1.165, 1.54) is 35.3 Å². The summed E-state index contributed by atoms with van der Waals surface area (Å²) < 4.78 is 32.3. The molecule has 8 heterocycles. The number of hydrogen-bond donors (Lipinski definition) is 1. The van der Waals surface area contributed by atoms with Crippen molar-refractivity contribution < 1.29 is 14.2 Å². The van der Waals surface area contributed by atoms with Crippen LogP contribution in [0.4, 0.5) is 85.3 Å². The van der Waals surface area contributed by atoms with Gasteiger partial charge in [0.25, 0.3) is 20.1 Å². The summed E-state index contributed by atoms with van der Waals surface area (Å²) in [5.41, 5.74) is 23.8. The second-order valence-electron chi connectivity index (χ2n) is 25.9. The number of rotatable bonds is 11. The van der Waals surface area contributed by atoms with E-state index in [9.17, 15) is 0 Å². The average molecular weight is 1360 g/mol. The first-order chi connectivity index (χ1) is 49.5. The highest BCUT2D eigenvalue weighted by atomic mass is 32.2. The monoisotopic (exact) mass is 1360 g/mol. The summed E-state index contributed by atoms with van der Waals surface area (Å²) >= 11 is 7.13. The first-order valence-electron chi connectivity index (χ1n) is 33.6. The van der Waals surface area contributed by atoms with Crippen LogP contribution in [-0.2, 0) is 0 Å². The first kappa shape index (κ1) is 57.9. The van der Waals surface area contributed by atoms with Gasteiger partial charge in [0.1, 0.15) is 34.5 Å². The van der Waals surface area contributed by atoms with Gasteiger partial charge >= 0.3 is 0 Å². The van der Waals surface area contributed by atoms with E-state index in [0.717, 1.165) is 152 Å². The zero-order valence-electron chi connectivity index (χ0n) is 54.0. The van der Waals surface area contributed by atoms with Gasteiger partial charge in [0.05, 0.1) is 34.1 Å². The summed E-state index contributed by atoms with van der Waals surface area (Å²) in [5, 5.41) is 6.39. The molecule has 0 radical (unpaired) electrons. The Morgan fingerprint density at radius 1 is 0.310 bits per heavy atom. The molecular formula is C84H55B3N6O3S4. The second kappa shape index (κ2) is 22.7. The average Bonchev–Trinajstić information content (AvgIpc) is 1.61. The molecule has 16 heteroatoms. The van der Waals surface area contributed by atoms with Crippen molar-refractivity contribution in [2.75, 3.05) is 41.1 Å². The molecule has 100 heavy (non-hydrogen) atoms. The summed E-state index contributed by atoms with van der Waals surface area (Å²) in [4.78, 5) is 7.04. The summed E-state index contributed by atoms with van der Waals surface area (Å²) in [5.74, 6) is 5.16. The van der Waals surface area contributed by atoms with Crippen molar-refractivity contribution in [2.45, 2.75) is 0 Å². The lowest BCUT2D eigenvalue weighted by molar-refractivity contribution is 0.488. The topological polar surface area (TPSA) is 55.9 Å². The smallest absolute Gasteiger partial charge is 0.268 e. The maximum Gasteiger partial charge on any atom is 0.268 e. The summed E-state index contributed by atoms with van der Waals surface area (Å²) in [6.45, 7) is -0.607. The van der Waals surface area contributed by atoms with Gasteiger partial charge in [-0.2, -0.15) is 0 Å². The second-order valence-corrected chi connectivity index (χ2v) is 29.5. The van der Waals surface area contributed by atoms with Crippen molar-refractivity contribution in [3.8, 4) is 34.5 Å². The number of anilines is 15. The predicted molar refractivity (Wildman–Crippen MR) is 429 cm³/mol. The molecule has 0 aliphatic carbocycles. The van der Waals surface area contributed by atoms with Gasteiger partial charge < -0.3 is 34.2 Å². The molecular weight excluding hydrogens is 1300 g/mol. The van der Waals surface area contributed by atoms with Gasteiger partial charge in [0.2, 0.25) is 0 Å². The lowest BCUT2D eigenvalue weighted by atomic mass is 9.31. The molecule has 13 aromatic carbocycles. The molecule has 0 spiro atoms. The minimum absolute atomic E-state index is 0.161. The van der Waals surface area contributed by atoms with E-state index in [1.54, 1.807) is 23.9 Å².